The predicted octanol–water partition coefficient (Wildman–Crippen LogP) is -0.527. The number of nitrogens with zero attached hydrogens (tertiary/aromatic N) is 1. The molecule has 2 aromatic rings. The summed E-state index contributed by atoms with van der Waals surface area (Å²) in [7, 11) is 0. The quantitative estimate of drug-likeness (QED) is 0.549. The number of carbonyl (C=O) groups excluding carboxylic acids is 1. The van der Waals surface area contributed by atoms with Gasteiger partial charge in [0.1, 0.15) is 5.60 Å². The second-order valence-electron chi connectivity index (χ2n) is 5.33. The van der Waals surface area contributed by atoms with Crippen molar-refractivity contribution in [2.24, 2.45) is 0 Å². The summed E-state index contributed by atoms with van der Waals surface area (Å²) in [6.45, 7) is 5.85. The van der Waals surface area contributed by atoms with Crippen LogP contribution in [0.2, 0.25) is 0 Å². The first-order valence-corrected chi connectivity index (χ1v) is 6.04. The van der Waals surface area contributed by atoms with Crippen LogP contribution in [0.25, 0.3) is 10.8 Å². The van der Waals surface area contributed by atoms with Crippen LogP contribution in [0.15, 0.2) is 42.7 Å². The number of benzene rings is 1. The number of fused-ring (bicyclic) bond motifs is 1. The summed E-state index contributed by atoms with van der Waals surface area (Å²) >= 11 is 0. The minimum atomic E-state index is -0.436. The van der Waals surface area contributed by atoms with Crippen LogP contribution in [0, 0.1) is 0 Å². The first kappa shape index (κ1) is 15.6. The first-order chi connectivity index (χ1) is 8.44. The molecule has 0 fully saturated rings. The Balaban J connectivity index is 0.00000180. The minimum absolute atomic E-state index is 0. The van der Waals surface area contributed by atoms with Crippen LogP contribution in [-0.4, -0.2) is 11.6 Å². The van der Waals surface area contributed by atoms with Gasteiger partial charge in [-0.15, -0.1) is 0 Å². The molecule has 0 aliphatic heterocycles. The summed E-state index contributed by atoms with van der Waals surface area (Å²) in [5.74, 6) is -0.220. The zero-order valence-electron chi connectivity index (χ0n) is 11.4. The van der Waals surface area contributed by atoms with Crippen molar-refractivity contribution in [1.29, 1.82) is 0 Å². The van der Waals surface area contributed by atoms with Gasteiger partial charge >= 0.3 is 5.97 Å². The molecular formula is C15H18BrNO2. The zero-order chi connectivity index (χ0) is 13.2. The van der Waals surface area contributed by atoms with Gasteiger partial charge in [-0.25, -0.2) is 4.79 Å². The minimum Gasteiger partial charge on any atom is -1.00 e. The van der Waals surface area contributed by atoms with E-state index in [1.165, 1.54) is 0 Å². The molecule has 0 N–H and O–H groups in total. The molecule has 102 valence electrons. The number of esters is 1. The molecule has 1 heterocycles. The fourth-order valence-electron chi connectivity index (χ4n) is 1.80. The van der Waals surface area contributed by atoms with Crippen LogP contribution in [0.4, 0.5) is 0 Å². The second kappa shape index (κ2) is 6.15. The Labute approximate surface area is 124 Å². The number of aromatic nitrogens is 1. The molecule has 0 amide bonds. The molecule has 1 aromatic carbocycles. The Morgan fingerprint density at radius 1 is 1.16 bits per heavy atom. The molecule has 3 nitrogen and oxygen atoms in total. The molecule has 0 saturated carbocycles. The van der Waals surface area contributed by atoms with Crippen LogP contribution in [0.3, 0.4) is 0 Å². The fourth-order valence-corrected chi connectivity index (χ4v) is 1.80. The number of pyridine rings is 1. The molecule has 0 bridgehead atoms. The third kappa shape index (κ3) is 4.63. The maximum Gasteiger partial charge on any atom is 0.373 e. The fraction of sp³-hybridized carbons (Fsp3) is 0.333. The van der Waals surface area contributed by atoms with E-state index in [1.807, 2.05) is 68.1 Å². The van der Waals surface area contributed by atoms with Crippen LogP contribution in [0.5, 0.6) is 0 Å². The van der Waals surface area contributed by atoms with E-state index in [0.29, 0.717) is 0 Å². The van der Waals surface area contributed by atoms with Gasteiger partial charge < -0.3 is 21.7 Å². The van der Waals surface area contributed by atoms with Crippen molar-refractivity contribution in [3.05, 3.63) is 42.7 Å². The van der Waals surface area contributed by atoms with Crippen molar-refractivity contribution < 1.29 is 31.1 Å². The highest BCUT2D eigenvalue weighted by Gasteiger charge is 2.19. The van der Waals surface area contributed by atoms with Gasteiger partial charge in [-0.1, -0.05) is 18.2 Å². The molecular weight excluding hydrogens is 306 g/mol. The number of rotatable bonds is 2. The van der Waals surface area contributed by atoms with E-state index in [0.717, 1.165) is 10.8 Å². The maximum absolute atomic E-state index is 11.7. The van der Waals surface area contributed by atoms with Gasteiger partial charge in [0.05, 0.1) is 0 Å². The van der Waals surface area contributed by atoms with Gasteiger partial charge in [0.15, 0.2) is 12.4 Å². The van der Waals surface area contributed by atoms with Crippen molar-refractivity contribution in [2.45, 2.75) is 32.9 Å². The van der Waals surface area contributed by atoms with Gasteiger partial charge in [-0.2, -0.15) is 4.57 Å². The Bertz CT molecular complexity index is 576. The molecule has 1 aromatic heterocycles. The van der Waals surface area contributed by atoms with Crippen molar-refractivity contribution >= 4 is 16.7 Å². The van der Waals surface area contributed by atoms with Crippen molar-refractivity contribution in [3.8, 4) is 0 Å². The number of hydrogen-bond donors (Lipinski definition) is 0. The largest absolute Gasteiger partial charge is 1.00 e. The average Bonchev–Trinajstić information content (AvgIpc) is 2.26. The standard InChI is InChI=1S/C15H18NO2.BrH/c1-15(2,3)18-14(17)11-16-9-8-12-6-4-5-7-13(12)10-16;/h4-10H,11H2,1-3H3;1H/q+1;/p-1. The monoisotopic (exact) mass is 323 g/mol. The van der Waals surface area contributed by atoms with E-state index in [1.54, 1.807) is 0 Å². The van der Waals surface area contributed by atoms with Gasteiger partial charge in [0.2, 0.25) is 6.54 Å². The van der Waals surface area contributed by atoms with Gasteiger partial charge in [0, 0.05) is 11.5 Å². The highest BCUT2D eigenvalue weighted by Crippen LogP contribution is 2.10. The lowest BCUT2D eigenvalue weighted by Crippen LogP contribution is -3.00. The van der Waals surface area contributed by atoms with Crippen molar-refractivity contribution in [2.75, 3.05) is 0 Å². The number of hydrogen-bond acceptors (Lipinski definition) is 2. The molecule has 4 heteroatoms. The molecule has 0 aliphatic carbocycles. The van der Waals surface area contributed by atoms with E-state index in [2.05, 4.69) is 0 Å². The lowest BCUT2D eigenvalue weighted by molar-refractivity contribution is -0.684. The Kier molecular flexibility index (Phi) is 5.06. The van der Waals surface area contributed by atoms with E-state index >= 15 is 0 Å². The van der Waals surface area contributed by atoms with E-state index in [9.17, 15) is 4.79 Å². The third-order valence-electron chi connectivity index (χ3n) is 2.48. The second-order valence-corrected chi connectivity index (χ2v) is 5.33. The normalized spacial score (nSPS) is 10.9. The topological polar surface area (TPSA) is 30.2 Å². The van der Waals surface area contributed by atoms with Crippen molar-refractivity contribution in [3.63, 3.8) is 0 Å². The highest BCUT2D eigenvalue weighted by molar-refractivity contribution is 5.80. The summed E-state index contributed by atoms with van der Waals surface area (Å²) in [5.41, 5.74) is -0.436. The SMILES string of the molecule is CC(C)(C)OC(=O)C[n+]1ccc2ccccc2c1.[Br-]. The van der Waals surface area contributed by atoms with Gasteiger partial charge in [0.25, 0.3) is 0 Å². The average molecular weight is 324 g/mol. The molecule has 0 unspecified atom stereocenters. The Morgan fingerprint density at radius 2 is 1.79 bits per heavy atom. The zero-order valence-corrected chi connectivity index (χ0v) is 13.0. The highest BCUT2D eigenvalue weighted by atomic mass is 79.9. The Morgan fingerprint density at radius 3 is 2.42 bits per heavy atom. The smallest absolute Gasteiger partial charge is 0.373 e. The summed E-state index contributed by atoms with van der Waals surface area (Å²) in [4.78, 5) is 11.7. The van der Waals surface area contributed by atoms with Crippen LogP contribution >= 0.6 is 0 Å². The number of carbonyl (C=O) groups is 1. The molecule has 0 spiro atoms. The molecule has 2 rings (SSSR count). The Hall–Kier alpha value is -1.42. The number of halogens is 1. The predicted molar refractivity (Wildman–Crippen MR) is 70.0 cm³/mol. The van der Waals surface area contributed by atoms with Crippen molar-refractivity contribution in [1.82, 2.24) is 0 Å². The first-order valence-electron chi connectivity index (χ1n) is 6.04. The molecule has 0 aliphatic rings. The van der Waals surface area contributed by atoms with Crippen LogP contribution in [0.1, 0.15) is 20.8 Å². The number of ether oxygens (including phenoxy) is 1. The lowest BCUT2D eigenvalue weighted by Gasteiger charge is -2.18. The molecule has 19 heavy (non-hydrogen) atoms. The van der Waals surface area contributed by atoms with Crippen LogP contribution in [-0.2, 0) is 16.1 Å². The summed E-state index contributed by atoms with van der Waals surface area (Å²) < 4.78 is 7.14. The summed E-state index contributed by atoms with van der Waals surface area (Å²) in [5, 5.41) is 2.28. The van der Waals surface area contributed by atoms with Gasteiger partial charge in [-0.3, -0.25) is 0 Å². The maximum atomic E-state index is 11.7. The van der Waals surface area contributed by atoms with Gasteiger partial charge in [-0.05, 0) is 32.2 Å². The lowest BCUT2D eigenvalue weighted by atomic mass is 10.2. The molecule has 0 saturated heterocycles. The summed E-state index contributed by atoms with van der Waals surface area (Å²) in [6.07, 6.45) is 3.85. The molecule has 0 atom stereocenters. The van der Waals surface area contributed by atoms with Crippen LogP contribution < -0.4 is 21.5 Å². The summed E-state index contributed by atoms with van der Waals surface area (Å²) in [6, 6.07) is 10.1. The van der Waals surface area contributed by atoms with E-state index < -0.39 is 5.60 Å². The third-order valence-corrected chi connectivity index (χ3v) is 2.48. The van der Waals surface area contributed by atoms with E-state index in [-0.39, 0.29) is 29.5 Å². The molecule has 0 radical (unpaired) electrons. The van der Waals surface area contributed by atoms with E-state index in [4.69, 9.17) is 4.74 Å².